The molecule has 0 aliphatic rings. The van der Waals surface area contributed by atoms with E-state index in [0.29, 0.717) is 18.7 Å². The van der Waals surface area contributed by atoms with Crippen molar-refractivity contribution in [2.24, 2.45) is 5.92 Å². The van der Waals surface area contributed by atoms with Crippen molar-refractivity contribution in [2.45, 2.75) is 51.6 Å². The number of benzene rings is 1. The minimum absolute atomic E-state index is 0.227. The lowest BCUT2D eigenvalue weighted by Crippen LogP contribution is -2.47. The van der Waals surface area contributed by atoms with Crippen molar-refractivity contribution in [3.05, 3.63) is 59.9 Å². The van der Waals surface area contributed by atoms with Crippen LogP contribution in [0.25, 0.3) is 0 Å². The predicted octanol–water partition coefficient (Wildman–Crippen LogP) is 3.43. The summed E-state index contributed by atoms with van der Waals surface area (Å²) in [5.41, 5.74) is 0.821. The van der Waals surface area contributed by atoms with E-state index >= 15 is 0 Å². The monoisotopic (exact) mass is 317 g/mol. The zero-order valence-corrected chi connectivity index (χ0v) is 14.1. The van der Waals surface area contributed by atoms with Crippen LogP contribution in [0.3, 0.4) is 0 Å². The minimum Gasteiger partial charge on any atom is -0.393 e. The van der Waals surface area contributed by atoms with Crippen LogP contribution in [0.2, 0.25) is 0 Å². The number of hydrogen-bond donors (Lipinski definition) is 3. The summed E-state index contributed by atoms with van der Waals surface area (Å²) in [6, 6.07) is 13.5. The number of rotatable bonds is 8. The van der Waals surface area contributed by atoms with Crippen LogP contribution >= 0.6 is 0 Å². The fourth-order valence-electron chi connectivity index (χ4n) is 2.83. The summed E-state index contributed by atoms with van der Waals surface area (Å²) in [5, 5.41) is 21.2. The SMILES string of the molecule is CC[C@@H](O)[C@@H](C)[C@@](C)(OCc1ccccc1)C(O)c1ccc[nH]1. The zero-order chi connectivity index (χ0) is 16.9. The molecule has 1 unspecified atom stereocenters. The molecule has 1 heterocycles. The molecule has 0 aliphatic heterocycles. The molecule has 4 heteroatoms. The molecule has 0 bridgehead atoms. The van der Waals surface area contributed by atoms with Gasteiger partial charge in [-0.15, -0.1) is 0 Å². The highest BCUT2D eigenvalue weighted by atomic mass is 16.5. The number of aromatic nitrogens is 1. The van der Waals surface area contributed by atoms with Crippen molar-refractivity contribution in [1.29, 1.82) is 0 Å². The zero-order valence-electron chi connectivity index (χ0n) is 14.1. The highest BCUT2D eigenvalue weighted by molar-refractivity contribution is 5.15. The Morgan fingerprint density at radius 1 is 1.13 bits per heavy atom. The van der Waals surface area contributed by atoms with Crippen molar-refractivity contribution in [2.75, 3.05) is 0 Å². The van der Waals surface area contributed by atoms with Gasteiger partial charge in [0.2, 0.25) is 0 Å². The predicted molar refractivity (Wildman–Crippen MR) is 90.9 cm³/mol. The maximum atomic E-state index is 10.9. The molecule has 4 atom stereocenters. The van der Waals surface area contributed by atoms with Gasteiger partial charge in [0.05, 0.1) is 12.7 Å². The molecule has 0 spiro atoms. The average molecular weight is 317 g/mol. The molecule has 1 aromatic carbocycles. The largest absolute Gasteiger partial charge is 0.393 e. The van der Waals surface area contributed by atoms with Crippen LogP contribution in [0.1, 0.15) is 44.6 Å². The van der Waals surface area contributed by atoms with Crippen molar-refractivity contribution in [3.8, 4) is 0 Å². The van der Waals surface area contributed by atoms with Crippen molar-refractivity contribution in [3.63, 3.8) is 0 Å². The van der Waals surface area contributed by atoms with E-state index in [2.05, 4.69) is 4.98 Å². The Hall–Kier alpha value is -1.62. The Labute approximate surface area is 138 Å². The van der Waals surface area contributed by atoms with E-state index in [1.165, 1.54) is 0 Å². The van der Waals surface area contributed by atoms with Gasteiger partial charge in [-0.25, -0.2) is 0 Å². The first-order chi connectivity index (χ1) is 11.0. The molecule has 4 nitrogen and oxygen atoms in total. The molecule has 0 amide bonds. The molecule has 23 heavy (non-hydrogen) atoms. The molecule has 3 N–H and O–H groups in total. The molecular formula is C19H27NO3. The second-order valence-corrected chi connectivity index (χ2v) is 6.25. The summed E-state index contributed by atoms with van der Waals surface area (Å²) in [7, 11) is 0. The second kappa shape index (κ2) is 7.77. The van der Waals surface area contributed by atoms with Gasteiger partial charge in [-0.05, 0) is 31.0 Å². The van der Waals surface area contributed by atoms with Crippen LogP contribution in [-0.2, 0) is 11.3 Å². The molecule has 0 fully saturated rings. The Morgan fingerprint density at radius 2 is 1.83 bits per heavy atom. The van der Waals surface area contributed by atoms with Gasteiger partial charge in [0.25, 0.3) is 0 Å². The van der Waals surface area contributed by atoms with Crippen LogP contribution in [0.4, 0.5) is 0 Å². The number of H-pyrrole nitrogens is 1. The number of hydrogen-bond acceptors (Lipinski definition) is 3. The molecule has 0 saturated carbocycles. The van der Waals surface area contributed by atoms with Gasteiger partial charge in [-0.1, -0.05) is 44.2 Å². The quantitative estimate of drug-likeness (QED) is 0.699. The van der Waals surface area contributed by atoms with Gasteiger partial charge >= 0.3 is 0 Å². The Bertz CT molecular complexity index is 570. The fraction of sp³-hybridized carbons (Fsp3) is 0.474. The van der Waals surface area contributed by atoms with E-state index in [9.17, 15) is 10.2 Å². The summed E-state index contributed by atoms with van der Waals surface area (Å²) < 4.78 is 6.16. The number of ether oxygens (including phenoxy) is 1. The second-order valence-electron chi connectivity index (χ2n) is 6.25. The number of aliphatic hydroxyl groups excluding tert-OH is 2. The lowest BCUT2D eigenvalue weighted by Gasteiger charge is -2.41. The van der Waals surface area contributed by atoms with Crippen molar-refractivity contribution in [1.82, 2.24) is 4.98 Å². The van der Waals surface area contributed by atoms with E-state index in [4.69, 9.17) is 4.74 Å². The van der Waals surface area contributed by atoms with Gasteiger partial charge in [-0.3, -0.25) is 0 Å². The molecule has 0 radical (unpaired) electrons. The van der Waals surface area contributed by atoms with Crippen LogP contribution in [0.15, 0.2) is 48.7 Å². The number of aliphatic hydroxyl groups is 2. The highest BCUT2D eigenvalue weighted by Gasteiger charge is 2.43. The Balaban J connectivity index is 2.23. The van der Waals surface area contributed by atoms with E-state index in [1.807, 2.05) is 63.2 Å². The summed E-state index contributed by atoms with van der Waals surface area (Å²) >= 11 is 0. The third-order valence-corrected chi connectivity index (χ3v) is 4.75. The van der Waals surface area contributed by atoms with Gasteiger partial charge in [0, 0.05) is 17.8 Å². The number of nitrogens with one attached hydrogen (secondary N) is 1. The van der Waals surface area contributed by atoms with E-state index in [1.54, 1.807) is 6.20 Å². The summed E-state index contributed by atoms with van der Waals surface area (Å²) in [6.45, 7) is 6.10. The first kappa shape index (κ1) is 17.7. The first-order valence-corrected chi connectivity index (χ1v) is 8.16. The summed E-state index contributed by atoms with van der Waals surface area (Å²) in [5.74, 6) is -0.227. The standard InChI is InChI=1S/C19H27NO3/c1-4-17(21)14(2)19(3,18(22)16-11-8-12-20-16)23-13-15-9-6-5-7-10-15/h5-12,14,17-18,20-22H,4,13H2,1-3H3/t14-,17-,18?,19-/m1/s1. The summed E-state index contributed by atoms with van der Waals surface area (Å²) in [4.78, 5) is 3.04. The van der Waals surface area contributed by atoms with E-state index in [-0.39, 0.29) is 5.92 Å². The minimum atomic E-state index is -0.907. The molecule has 126 valence electrons. The average Bonchev–Trinajstić information content (AvgIpc) is 3.13. The highest BCUT2D eigenvalue weighted by Crippen LogP contribution is 2.38. The lowest BCUT2D eigenvalue weighted by atomic mass is 9.79. The Morgan fingerprint density at radius 3 is 2.39 bits per heavy atom. The number of aromatic amines is 1. The van der Waals surface area contributed by atoms with Crippen LogP contribution in [0.5, 0.6) is 0 Å². The van der Waals surface area contributed by atoms with Crippen LogP contribution in [0, 0.1) is 5.92 Å². The first-order valence-electron chi connectivity index (χ1n) is 8.16. The lowest BCUT2D eigenvalue weighted by molar-refractivity contribution is -0.174. The molecule has 1 aromatic heterocycles. The fourth-order valence-corrected chi connectivity index (χ4v) is 2.83. The van der Waals surface area contributed by atoms with Gasteiger partial charge in [0.1, 0.15) is 11.7 Å². The summed E-state index contributed by atoms with van der Waals surface area (Å²) in [6.07, 6.45) is 0.998. The normalized spacial score (nSPS) is 18.1. The van der Waals surface area contributed by atoms with Gasteiger partial charge in [0.15, 0.2) is 0 Å². The van der Waals surface area contributed by atoms with Gasteiger partial charge in [-0.2, -0.15) is 0 Å². The third kappa shape index (κ3) is 4.02. The molecule has 0 aliphatic carbocycles. The van der Waals surface area contributed by atoms with Crippen LogP contribution < -0.4 is 0 Å². The third-order valence-electron chi connectivity index (χ3n) is 4.75. The maximum absolute atomic E-state index is 10.9. The smallest absolute Gasteiger partial charge is 0.123 e. The van der Waals surface area contributed by atoms with E-state index in [0.717, 1.165) is 5.56 Å². The van der Waals surface area contributed by atoms with E-state index < -0.39 is 17.8 Å². The molecule has 2 rings (SSSR count). The molecular weight excluding hydrogens is 290 g/mol. The van der Waals surface area contributed by atoms with Crippen molar-refractivity contribution >= 4 is 0 Å². The maximum Gasteiger partial charge on any atom is 0.123 e. The van der Waals surface area contributed by atoms with Gasteiger partial charge < -0.3 is 19.9 Å². The molecule has 2 aromatic rings. The van der Waals surface area contributed by atoms with Crippen molar-refractivity contribution < 1.29 is 14.9 Å². The topological polar surface area (TPSA) is 65.5 Å². The molecule has 0 saturated heterocycles. The Kier molecular flexibility index (Phi) is 5.99. The van der Waals surface area contributed by atoms with Crippen LogP contribution in [-0.4, -0.2) is 26.9 Å².